The summed E-state index contributed by atoms with van der Waals surface area (Å²) in [5.74, 6) is 0. The second-order valence-corrected chi connectivity index (χ2v) is 4.16. The minimum Gasteiger partial charge on any atom is -0.357 e. The van der Waals surface area contributed by atoms with Crippen LogP contribution in [-0.2, 0) is 13.0 Å². The van der Waals surface area contributed by atoms with Gasteiger partial charge in [0.2, 0.25) is 0 Å². The summed E-state index contributed by atoms with van der Waals surface area (Å²) in [5.41, 5.74) is 4.10. The van der Waals surface area contributed by atoms with Crippen LogP contribution in [0.3, 0.4) is 0 Å². The van der Waals surface area contributed by atoms with Gasteiger partial charge in [-0.3, -0.25) is 0 Å². The van der Waals surface area contributed by atoms with Crippen molar-refractivity contribution in [3.8, 4) is 0 Å². The molecule has 0 bridgehead atoms. The summed E-state index contributed by atoms with van der Waals surface area (Å²) in [6.45, 7) is 6.34. The van der Waals surface area contributed by atoms with E-state index in [9.17, 15) is 0 Å². The van der Waals surface area contributed by atoms with E-state index in [2.05, 4.69) is 48.4 Å². The molecule has 0 fully saturated rings. The Balaban J connectivity index is 2.41. The predicted molar refractivity (Wildman–Crippen MR) is 69.7 cm³/mol. The molecule has 2 rings (SSSR count). The Kier molecular flexibility index (Phi) is 3.62. The molecule has 2 aromatic rings. The SMILES string of the molecule is CCCc1c(CNCC)[nH]c2ccccc12. The minimum absolute atomic E-state index is 0.945. The van der Waals surface area contributed by atoms with Gasteiger partial charge in [-0.2, -0.15) is 0 Å². The summed E-state index contributed by atoms with van der Waals surface area (Å²) < 4.78 is 0. The van der Waals surface area contributed by atoms with Gasteiger partial charge in [0.1, 0.15) is 0 Å². The molecule has 2 N–H and O–H groups in total. The van der Waals surface area contributed by atoms with E-state index in [4.69, 9.17) is 0 Å². The highest BCUT2D eigenvalue weighted by Crippen LogP contribution is 2.23. The number of aromatic amines is 1. The normalized spacial score (nSPS) is 11.1. The highest BCUT2D eigenvalue weighted by Gasteiger charge is 2.09. The zero-order valence-electron chi connectivity index (χ0n) is 10.1. The summed E-state index contributed by atoms with van der Waals surface area (Å²) >= 11 is 0. The Morgan fingerprint density at radius 3 is 2.75 bits per heavy atom. The van der Waals surface area contributed by atoms with Crippen LogP contribution in [0.4, 0.5) is 0 Å². The van der Waals surface area contributed by atoms with E-state index >= 15 is 0 Å². The number of para-hydroxylation sites is 1. The number of nitrogens with one attached hydrogen (secondary N) is 2. The molecule has 0 unspecified atom stereocenters. The van der Waals surface area contributed by atoms with Crippen LogP contribution < -0.4 is 5.32 Å². The van der Waals surface area contributed by atoms with Gasteiger partial charge < -0.3 is 10.3 Å². The summed E-state index contributed by atoms with van der Waals surface area (Å²) in [6, 6.07) is 8.58. The van der Waals surface area contributed by atoms with Crippen molar-refractivity contribution < 1.29 is 0 Å². The maximum Gasteiger partial charge on any atom is 0.0459 e. The molecule has 0 radical (unpaired) electrons. The maximum atomic E-state index is 3.52. The molecule has 16 heavy (non-hydrogen) atoms. The Morgan fingerprint density at radius 1 is 1.19 bits per heavy atom. The maximum absolute atomic E-state index is 3.52. The Hall–Kier alpha value is -1.28. The summed E-state index contributed by atoms with van der Waals surface area (Å²) in [6.07, 6.45) is 2.35. The number of fused-ring (bicyclic) bond motifs is 1. The lowest BCUT2D eigenvalue weighted by molar-refractivity contribution is 0.706. The van der Waals surface area contributed by atoms with E-state index < -0.39 is 0 Å². The number of H-pyrrole nitrogens is 1. The Labute approximate surface area is 97.1 Å². The molecule has 2 heteroatoms. The third-order valence-electron chi connectivity index (χ3n) is 2.95. The molecule has 2 nitrogen and oxygen atoms in total. The van der Waals surface area contributed by atoms with E-state index in [0.29, 0.717) is 0 Å². The molecule has 0 atom stereocenters. The molecule has 86 valence electrons. The first-order valence-electron chi connectivity index (χ1n) is 6.16. The van der Waals surface area contributed by atoms with Gasteiger partial charge >= 0.3 is 0 Å². The van der Waals surface area contributed by atoms with Gasteiger partial charge in [0.15, 0.2) is 0 Å². The van der Waals surface area contributed by atoms with Crippen molar-refractivity contribution >= 4 is 10.9 Å². The van der Waals surface area contributed by atoms with Crippen molar-refractivity contribution in [1.82, 2.24) is 10.3 Å². The van der Waals surface area contributed by atoms with E-state index in [1.54, 1.807) is 0 Å². The van der Waals surface area contributed by atoms with Gasteiger partial charge in [-0.1, -0.05) is 38.5 Å². The van der Waals surface area contributed by atoms with Crippen LogP contribution in [0, 0.1) is 0 Å². The van der Waals surface area contributed by atoms with Crippen molar-refractivity contribution in [3.63, 3.8) is 0 Å². The number of benzene rings is 1. The molecule has 1 aromatic carbocycles. The molecule has 0 aliphatic carbocycles. The second kappa shape index (κ2) is 5.17. The molecule has 0 spiro atoms. The van der Waals surface area contributed by atoms with Gasteiger partial charge in [-0.25, -0.2) is 0 Å². The highest BCUT2D eigenvalue weighted by atomic mass is 14.9. The van der Waals surface area contributed by atoms with E-state index in [1.165, 1.54) is 28.6 Å². The van der Waals surface area contributed by atoms with Crippen LogP contribution in [-0.4, -0.2) is 11.5 Å². The first-order chi connectivity index (χ1) is 7.86. The van der Waals surface area contributed by atoms with Gasteiger partial charge in [0.05, 0.1) is 0 Å². The molecule has 0 saturated heterocycles. The number of hydrogen-bond acceptors (Lipinski definition) is 1. The largest absolute Gasteiger partial charge is 0.357 e. The lowest BCUT2D eigenvalue weighted by atomic mass is 10.1. The number of aryl methyl sites for hydroxylation is 1. The average molecular weight is 216 g/mol. The summed E-state index contributed by atoms with van der Waals surface area (Å²) in [5, 5.41) is 4.78. The first kappa shape index (κ1) is 11.2. The number of aromatic nitrogens is 1. The fourth-order valence-electron chi connectivity index (χ4n) is 2.19. The van der Waals surface area contributed by atoms with Crippen LogP contribution >= 0.6 is 0 Å². The van der Waals surface area contributed by atoms with E-state index in [-0.39, 0.29) is 0 Å². The summed E-state index contributed by atoms with van der Waals surface area (Å²) in [7, 11) is 0. The molecule has 1 aromatic heterocycles. The molecule has 0 aliphatic rings. The number of rotatable bonds is 5. The third kappa shape index (κ3) is 2.12. The third-order valence-corrected chi connectivity index (χ3v) is 2.95. The van der Waals surface area contributed by atoms with Crippen LogP contribution in [0.15, 0.2) is 24.3 Å². The molecule has 1 heterocycles. The smallest absolute Gasteiger partial charge is 0.0459 e. The molecular weight excluding hydrogens is 196 g/mol. The second-order valence-electron chi connectivity index (χ2n) is 4.16. The van der Waals surface area contributed by atoms with Crippen molar-refractivity contribution in [2.45, 2.75) is 33.2 Å². The summed E-state index contributed by atoms with van der Waals surface area (Å²) in [4.78, 5) is 3.52. The van der Waals surface area contributed by atoms with E-state index in [1.807, 2.05) is 0 Å². The zero-order valence-corrected chi connectivity index (χ0v) is 10.1. The topological polar surface area (TPSA) is 27.8 Å². The fraction of sp³-hybridized carbons (Fsp3) is 0.429. The molecular formula is C14H20N2. The van der Waals surface area contributed by atoms with Gasteiger partial charge in [-0.15, -0.1) is 0 Å². The van der Waals surface area contributed by atoms with Crippen molar-refractivity contribution in [1.29, 1.82) is 0 Å². The predicted octanol–water partition coefficient (Wildman–Crippen LogP) is 3.23. The quantitative estimate of drug-likeness (QED) is 0.789. The van der Waals surface area contributed by atoms with Gasteiger partial charge in [0.25, 0.3) is 0 Å². The number of hydrogen-bond donors (Lipinski definition) is 2. The zero-order chi connectivity index (χ0) is 11.4. The van der Waals surface area contributed by atoms with Gasteiger partial charge in [-0.05, 0) is 24.6 Å². The monoisotopic (exact) mass is 216 g/mol. The fourth-order valence-corrected chi connectivity index (χ4v) is 2.19. The Bertz CT molecular complexity index is 457. The first-order valence-corrected chi connectivity index (χ1v) is 6.16. The van der Waals surface area contributed by atoms with E-state index in [0.717, 1.165) is 19.5 Å². The van der Waals surface area contributed by atoms with Crippen LogP contribution in [0.5, 0.6) is 0 Å². The van der Waals surface area contributed by atoms with Crippen LogP contribution in [0.2, 0.25) is 0 Å². The molecule has 0 saturated carbocycles. The van der Waals surface area contributed by atoms with Gasteiger partial charge in [0, 0.05) is 23.1 Å². The van der Waals surface area contributed by atoms with Crippen LogP contribution in [0.1, 0.15) is 31.5 Å². The highest BCUT2D eigenvalue weighted by molar-refractivity contribution is 5.84. The standard InChI is InChI=1S/C14H20N2/c1-3-7-11-12-8-5-6-9-13(12)16-14(11)10-15-4-2/h5-6,8-9,15-16H,3-4,7,10H2,1-2H3. The molecule has 0 aliphatic heterocycles. The van der Waals surface area contributed by atoms with Crippen molar-refractivity contribution in [2.24, 2.45) is 0 Å². The minimum atomic E-state index is 0.945. The Morgan fingerprint density at radius 2 is 2.00 bits per heavy atom. The lowest BCUT2D eigenvalue weighted by Crippen LogP contribution is -2.13. The van der Waals surface area contributed by atoms with Crippen LogP contribution in [0.25, 0.3) is 10.9 Å². The average Bonchev–Trinajstić information content (AvgIpc) is 2.66. The molecule has 0 amide bonds. The van der Waals surface area contributed by atoms with Crippen molar-refractivity contribution in [2.75, 3.05) is 6.54 Å². The lowest BCUT2D eigenvalue weighted by Gasteiger charge is -2.03. The van der Waals surface area contributed by atoms with Crippen molar-refractivity contribution in [3.05, 3.63) is 35.5 Å².